The van der Waals surface area contributed by atoms with Gasteiger partial charge in [0, 0.05) is 17.6 Å². The number of amides is 1. The van der Waals surface area contributed by atoms with Crippen molar-refractivity contribution in [1.82, 2.24) is 20.5 Å². The number of nitrogens with zero attached hydrogens (tertiary/aromatic N) is 2. The smallest absolute Gasteiger partial charge is 0.257 e. The number of hydrogen-bond donors (Lipinski definition) is 3. The second kappa shape index (κ2) is 8.05. The second-order valence-corrected chi connectivity index (χ2v) is 9.02. The SMILES string of the molecule is [2H]C([2H])([2H])Oc1nc(-c2n[nH]c3ccc(NC(=O)[C@]4(SC)CCNC4)cc23)ccc1OC1CC1. The molecule has 162 valence electrons. The van der Waals surface area contributed by atoms with Crippen molar-refractivity contribution in [2.45, 2.75) is 30.1 Å². The van der Waals surface area contributed by atoms with Crippen LogP contribution < -0.4 is 20.1 Å². The number of ether oxygens (including phenoxy) is 2. The summed E-state index contributed by atoms with van der Waals surface area (Å²) in [4.78, 5) is 17.4. The van der Waals surface area contributed by atoms with Crippen LogP contribution in [0.3, 0.4) is 0 Å². The van der Waals surface area contributed by atoms with Gasteiger partial charge < -0.3 is 20.1 Å². The zero-order valence-electron chi connectivity index (χ0n) is 20.0. The molecule has 3 N–H and O–H groups in total. The summed E-state index contributed by atoms with van der Waals surface area (Å²) in [6.45, 7) is 1.44. The molecular formula is C22H25N5O3S. The van der Waals surface area contributed by atoms with Gasteiger partial charge in [0.15, 0.2) is 5.75 Å². The van der Waals surface area contributed by atoms with E-state index in [2.05, 4.69) is 25.8 Å². The van der Waals surface area contributed by atoms with E-state index in [1.54, 1.807) is 23.9 Å². The van der Waals surface area contributed by atoms with Crippen LogP contribution in [0.4, 0.5) is 5.69 Å². The number of fused-ring (bicyclic) bond motifs is 1. The average Bonchev–Trinajstić information content (AvgIpc) is 3.31. The number of thioether (sulfide) groups is 1. The van der Waals surface area contributed by atoms with E-state index in [1.807, 2.05) is 24.5 Å². The first kappa shape index (κ1) is 16.9. The molecule has 8 nitrogen and oxygen atoms in total. The van der Waals surface area contributed by atoms with Crippen LogP contribution in [-0.4, -0.2) is 58.3 Å². The molecule has 0 radical (unpaired) electrons. The van der Waals surface area contributed by atoms with Crippen molar-refractivity contribution in [1.29, 1.82) is 0 Å². The van der Waals surface area contributed by atoms with Gasteiger partial charge in [0.2, 0.25) is 5.91 Å². The fourth-order valence-electron chi connectivity index (χ4n) is 3.75. The Morgan fingerprint density at radius 1 is 1.35 bits per heavy atom. The number of anilines is 1. The number of rotatable bonds is 7. The zero-order chi connectivity index (χ0) is 23.9. The maximum absolute atomic E-state index is 13.0. The van der Waals surface area contributed by atoms with E-state index in [1.165, 1.54) is 0 Å². The van der Waals surface area contributed by atoms with Gasteiger partial charge in [-0.1, -0.05) is 0 Å². The second-order valence-electron chi connectivity index (χ2n) is 7.83. The Labute approximate surface area is 188 Å². The molecule has 0 bridgehead atoms. The van der Waals surface area contributed by atoms with Gasteiger partial charge in [-0.2, -0.15) is 5.10 Å². The summed E-state index contributed by atoms with van der Waals surface area (Å²) in [5.41, 5.74) is 2.35. The number of benzene rings is 1. The highest BCUT2D eigenvalue weighted by atomic mass is 32.2. The minimum Gasteiger partial charge on any atom is -0.485 e. The van der Waals surface area contributed by atoms with Crippen LogP contribution in [0, 0.1) is 0 Å². The summed E-state index contributed by atoms with van der Waals surface area (Å²) in [5, 5.41) is 14.4. The predicted octanol–water partition coefficient (Wildman–Crippen LogP) is 3.21. The van der Waals surface area contributed by atoms with Gasteiger partial charge in [-0.3, -0.25) is 9.89 Å². The van der Waals surface area contributed by atoms with Gasteiger partial charge in [0.25, 0.3) is 5.88 Å². The van der Waals surface area contributed by atoms with E-state index in [-0.39, 0.29) is 17.9 Å². The van der Waals surface area contributed by atoms with Crippen molar-refractivity contribution in [2.24, 2.45) is 0 Å². The molecule has 2 aromatic heterocycles. The first-order chi connectivity index (χ1) is 16.3. The molecule has 2 aliphatic rings. The molecule has 3 aromatic rings. The molecule has 1 atom stereocenters. The topological polar surface area (TPSA) is 101 Å². The third-order valence-corrected chi connectivity index (χ3v) is 7.04. The highest BCUT2D eigenvalue weighted by Gasteiger charge is 2.40. The van der Waals surface area contributed by atoms with E-state index < -0.39 is 11.8 Å². The number of nitrogens with one attached hydrogen (secondary N) is 3. The van der Waals surface area contributed by atoms with Crippen LogP contribution in [-0.2, 0) is 4.79 Å². The van der Waals surface area contributed by atoms with E-state index in [0.29, 0.717) is 29.4 Å². The monoisotopic (exact) mass is 442 g/mol. The van der Waals surface area contributed by atoms with Gasteiger partial charge >= 0.3 is 0 Å². The highest BCUT2D eigenvalue weighted by molar-refractivity contribution is 8.00. The molecule has 5 rings (SSSR count). The number of aromatic amines is 1. The normalized spacial score (nSPS) is 22.5. The van der Waals surface area contributed by atoms with Gasteiger partial charge in [0.05, 0.1) is 28.5 Å². The molecule has 1 aliphatic carbocycles. The number of aromatic nitrogens is 3. The van der Waals surface area contributed by atoms with Crippen molar-refractivity contribution in [3.8, 4) is 23.0 Å². The maximum Gasteiger partial charge on any atom is 0.257 e. The van der Waals surface area contributed by atoms with E-state index in [9.17, 15) is 4.79 Å². The number of pyridine rings is 1. The van der Waals surface area contributed by atoms with E-state index in [4.69, 9.17) is 13.6 Å². The Morgan fingerprint density at radius 2 is 2.26 bits per heavy atom. The van der Waals surface area contributed by atoms with Crippen molar-refractivity contribution >= 4 is 34.3 Å². The number of H-pyrrole nitrogens is 1. The number of carbonyl (C=O) groups is 1. The van der Waals surface area contributed by atoms with E-state index >= 15 is 0 Å². The first-order valence-electron chi connectivity index (χ1n) is 11.7. The summed E-state index contributed by atoms with van der Waals surface area (Å²) in [6, 6.07) is 8.87. The summed E-state index contributed by atoms with van der Waals surface area (Å²) < 4.78 is 32.9. The lowest BCUT2D eigenvalue weighted by Gasteiger charge is -2.24. The van der Waals surface area contributed by atoms with Crippen LogP contribution in [0.25, 0.3) is 22.3 Å². The summed E-state index contributed by atoms with van der Waals surface area (Å²) in [7, 11) is -2.67. The summed E-state index contributed by atoms with van der Waals surface area (Å²) in [6.07, 6.45) is 4.61. The molecule has 1 saturated heterocycles. The molecule has 1 aliphatic heterocycles. The van der Waals surface area contributed by atoms with Crippen molar-refractivity contribution in [2.75, 3.05) is 31.7 Å². The van der Waals surface area contributed by atoms with Crippen LogP contribution >= 0.6 is 11.8 Å². The molecule has 1 aromatic carbocycles. The summed E-state index contributed by atoms with van der Waals surface area (Å²) in [5.74, 6) is 0.158. The summed E-state index contributed by atoms with van der Waals surface area (Å²) >= 11 is 1.55. The maximum atomic E-state index is 13.0. The van der Waals surface area contributed by atoms with E-state index in [0.717, 1.165) is 36.7 Å². The van der Waals surface area contributed by atoms with Crippen molar-refractivity contribution < 1.29 is 18.4 Å². The third kappa shape index (κ3) is 3.83. The Kier molecular flexibility index (Phi) is 4.38. The minimum atomic E-state index is -2.67. The highest BCUT2D eigenvalue weighted by Crippen LogP contribution is 2.36. The molecule has 31 heavy (non-hydrogen) atoms. The molecular weight excluding hydrogens is 414 g/mol. The Hall–Kier alpha value is -2.78. The molecule has 3 heterocycles. The fourth-order valence-corrected chi connectivity index (χ4v) is 4.54. The van der Waals surface area contributed by atoms with Crippen molar-refractivity contribution in [3.05, 3.63) is 30.3 Å². The predicted molar refractivity (Wildman–Crippen MR) is 122 cm³/mol. The Morgan fingerprint density at radius 3 is 3.00 bits per heavy atom. The molecule has 0 unspecified atom stereocenters. The molecule has 9 heteroatoms. The van der Waals surface area contributed by atoms with Crippen LogP contribution in [0.15, 0.2) is 30.3 Å². The molecule has 1 amide bonds. The molecule has 1 saturated carbocycles. The largest absolute Gasteiger partial charge is 0.485 e. The quantitative estimate of drug-likeness (QED) is 0.516. The zero-order valence-corrected chi connectivity index (χ0v) is 17.8. The van der Waals surface area contributed by atoms with Crippen LogP contribution in [0.1, 0.15) is 23.4 Å². The van der Waals surface area contributed by atoms with Gasteiger partial charge in [-0.05, 0) is 62.4 Å². The lowest BCUT2D eigenvalue weighted by molar-refractivity contribution is -0.118. The number of hydrogen-bond acceptors (Lipinski definition) is 7. The minimum absolute atomic E-state index is 0.0394. The lowest BCUT2D eigenvalue weighted by Crippen LogP contribution is -2.41. The fraction of sp³-hybridized carbons (Fsp3) is 0.409. The van der Waals surface area contributed by atoms with Crippen molar-refractivity contribution in [3.63, 3.8) is 0 Å². The third-order valence-electron chi connectivity index (χ3n) is 5.72. The first-order valence-corrected chi connectivity index (χ1v) is 11.4. The number of methoxy groups -OCH3 is 1. The molecule has 2 fully saturated rings. The lowest BCUT2D eigenvalue weighted by atomic mass is 10.1. The van der Waals surface area contributed by atoms with Gasteiger partial charge in [0.1, 0.15) is 10.4 Å². The standard InChI is InChI=1S/C22H25N5O3S/c1-29-20-18(30-14-4-5-14)8-7-17(25-20)19-15-11-13(3-6-16(15)26-27-19)24-21(28)22(31-2)9-10-23-12-22/h3,6-8,11,14,23H,4-5,9-10,12H2,1-2H3,(H,24,28)(H,26,27)/t22-/m0/s1/i1D3. The molecule has 0 spiro atoms. The Balaban J connectivity index is 1.46. The van der Waals surface area contributed by atoms with Crippen LogP contribution in [0.5, 0.6) is 11.6 Å². The van der Waals surface area contributed by atoms with Gasteiger partial charge in [-0.15, -0.1) is 11.8 Å². The number of carbonyl (C=O) groups excluding carboxylic acids is 1. The Bertz CT molecular complexity index is 1220. The van der Waals surface area contributed by atoms with Gasteiger partial charge in [-0.25, -0.2) is 4.98 Å². The average molecular weight is 443 g/mol. The van der Waals surface area contributed by atoms with Crippen LogP contribution in [0.2, 0.25) is 0 Å².